The number of fused-ring (bicyclic) bond motifs is 3. The molecule has 0 amide bonds. The molecule has 2 aromatic carbocycles. The monoisotopic (exact) mass is 436 g/mol. The number of pyridine rings is 1. The molecule has 4 nitrogen and oxygen atoms in total. The Balaban J connectivity index is 1.42. The van der Waals surface area contributed by atoms with Gasteiger partial charge in [-0.3, -0.25) is 0 Å². The summed E-state index contributed by atoms with van der Waals surface area (Å²) in [6.45, 7) is 2.20. The minimum Gasteiger partial charge on any atom is -0.489 e. The SMILES string of the molecule is CCC(N)[C@@]1(c2ccccc2)C[C@@H]2CC1CC2Oc1cc2ccnc(OC)c2cc1Cl. The lowest BCUT2D eigenvalue weighted by Gasteiger charge is -2.44. The summed E-state index contributed by atoms with van der Waals surface area (Å²) in [7, 11) is 1.62. The topological polar surface area (TPSA) is 57.4 Å². The molecule has 5 rings (SSSR count). The lowest BCUT2D eigenvalue weighted by Crippen LogP contribution is -2.51. The molecule has 1 heterocycles. The molecule has 3 unspecified atom stereocenters. The molecule has 2 saturated carbocycles. The molecule has 5 heteroatoms. The largest absolute Gasteiger partial charge is 0.489 e. The van der Waals surface area contributed by atoms with Crippen LogP contribution in [-0.2, 0) is 5.41 Å². The third kappa shape index (κ3) is 3.28. The Hall–Kier alpha value is -2.30. The minimum atomic E-state index is 0.0484. The molecule has 0 radical (unpaired) electrons. The molecule has 2 bridgehead atoms. The Labute approximate surface area is 188 Å². The minimum absolute atomic E-state index is 0.0484. The maximum absolute atomic E-state index is 6.76. The summed E-state index contributed by atoms with van der Waals surface area (Å²) in [4.78, 5) is 4.27. The number of nitrogens with zero attached hydrogens (tertiary/aromatic N) is 1. The summed E-state index contributed by atoms with van der Waals surface area (Å²) < 4.78 is 11.9. The molecule has 31 heavy (non-hydrogen) atoms. The molecule has 5 atom stereocenters. The van der Waals surface area contributed by atoms with Crippen LogP contribution in [0.2, 0.25) is 5.02 Å². The Morgan fingerprint density at radius 1 is 1.19 bits per heavy atom. The second-order valence-electron chi connectivity index (χ2n) is 9.03. The molecule has 1 aromatic heterocycles. The lowest BCUT2D eigenvalue weighted by molar-refractivity contribution is 0.0924. The van der Waals surface area contributed by atoms with Crippen LogP contribution in [0.1, 0.15) is 38.2 Å². The van der Waals surface area contributed by atoms with Gasteiger partial charge in [-0.1, -0.05) is 48.9 Å². The van der Waals surface area contributed by atoms with Crippen molar-refractivity contribution >= 4 is 22.4 Å². The van der Waals surface area contributed by atoms with Gasteiger partial charge in [-0.2, -0.15) is 0 Å². The van der Waals surface area contributed by atoms with Crippen LogP contribution in [0, 0.1) is 11.8 Å². The fourth-order valence-corrected chi connectivity index (χ4v) is 6.37. The molecule has 3 aromatic rings. The Kier molecular flexibility index (Phi) is 5.31. The van der Waals surface area contributed by atoms with Gasteiger partial charge in [-0.15, -0.1) is 0 Å². The van der Waals surface area contributed by atoms with E-state index in [9.17, 15) is 0 Å². The van der Waals surface area contributed by atoms with E-state index in [0.717, 1.165) is 42.2 Å². The number of halogens is 1. The fourth-order valence-electron chi connectivity index (χ4n) is 6.16. The highest BCUT2D eigenvalue weighted by molar-refractivity contribution is 6.33. The maximum atomic E-state index is 6.76. The van der Waals surface area contributed by atoms with Crippen molar-refractivity contribution in [1.82, 2.24) is 4.98 Å². The highest BCUT2D eigenvalue weighted by Gasteiger charge is 2.58. The van der Waals surface area contributed by atoms with E-state index in [1.165, 1.54) is 5.56 Å². The van der Waals surface area contributed by atoms with E-state index in [2.05, 4.69) is 42.2 Å². The van der Waals surface area contributed by atoms with Crippen LogP contribution in [0.4, 0.5) is 0 Å². The summed E-state index contributed by atoms with van der Waals surface area (Å²) >= 11 is 6.61. The quantitative estimate of drug-likeness (QED) is 0.534. The van der Waals surface area contributed by atoms with Crippen LogP contribution in [0.15, 0.2) is 54.7 Å². The van der Waals surface area contributed by atoms with E-state index in [-0.39, 0.29) is 17.6 Å². The number of hydrogen-bond acceptors (Lipinski definition) is 4. The van der Waals surface area contributed by atoms with Crippen LogP contribution < -0.4 is 15.2 Å². The predicted molar refractivity (Wildman–Crippen MR) is 125 cm³/mol. The molecular weight excluding hydrogens is 408 g/mol. The first kappa shape index (κ1) is 20.6. The summed E-state index contributed by atoms with van der Waals surface area (Å²) in [6, 6.07) is 16.9. The fraction of sp³-hybridized carbons (Fsp3) is 0.423. The Morgan fingerprint density at radius 2 is 2.00 bits per heavy atom. The summed E-state index contributed by atoms with van der Waals surface area (Å²) in [5, 5.41) is 2.51. The number of benzene rings is 2. The van der Waals surface area contributed by atoms with Crippen molar-refractivity contribution < 1.29 is 9.47 Å². The van der Waals surface area contributed by atoms with Crippen molar-refractivity contribution in [1.29, 1.82) is 0 Å². The zero-order valence-electron chi connectivity index (χ0n) is 18.1. The van der Waals surface area contributed by atoms with Crippen LogP contribution in [0.3, 0.4) is 0 Å². The van der Waals surface area contributed by atoms with Crippen LogP contribution in [0.5, 0.6) is 11.6 Å². The van der Waals surface area contributed by atoms with Gasteiger partial charge in [0.25, 0.3) is 0 Å². The van der Waals surface area contributed by atoms with Gasteiger partial charge in [0.05, 0.1) is 12.1 Å². The lowest BCUT2D eigenvalue weighted by atomic mass is 9.63. The maximum Gasteiger partial charge on any atom is 0.221 e. The summed E-state index contributed by atoms with van der Waals surface area (Å²) in [6.07, 6.45) is 6.15. The van der Waals surface area contributed by atoms with Crippen LogP contribution in [-0.4, -0.2) is 24.2 Å². The Morgan fingerprint density at radius 3 is 2.68 bits per heavy atom. The van der Waals surface area contributed by atoms with Crippen molar-refractivity contribution in [3.8, 4) is 11.6 Å². The second kappa shape index (κ2) is 7.99. The molecule has 0 aliphatic heterocycles. The van der Waals surface area contributed by atoms with Crippen LogP contribution >= 0.6 is 11.6 Å². The first-order chi connectivity index (χ1) is 15.1. The average Bonchev–Trinajstić information content (AvgIpc) is 3.38. The highest BCUT2D eigenvalue weighted by atomic mass is 35.5. The number of nitrogens with two attached hydrogens (primary N) is 1. The van der Waals surface area contributed by atoms with Crippen molar-refractivity contribution in [3.05, 3.63) is 65.3 Å². The van der Waals surface area contributed by atoms with Gasteiger partial charge in [0.2, 0.25) is 5.88 Å². The van der Waals surface area contributed by atoms with Gasteiger partial charge in [-0.05, 0) is 66.7 Å². The number of ether oxygens (including phenoxy) is 2. The normalized spacial score (nSPS) is 28.1. The van der Waals surface area contributed by atoms with Gasteiger partial charge in [0.15, 0.2) is 0 Å². The molecular formula is C26H29ClN2O2. The molecule has 2 aliphatic rings. The smallest absolute Gasteiger partial charge is 0.221 e. The molecule has 162 valence electrons. The third-order valence-electron chi connectivity index (χ3n) is 7.62. The number of aromatic nitrogens is 1. The van der Waals surface area contributed by atoms with Crippen LogP contribution in [0.25, 0.3) is 10.8 Å². The number of methoxy groups -OCH3 is 1. The average molecular weight is 437 g/mol. The number of rotatable bonds is 6. The number of hydrogen-bond donors (Lipinski definition) is 1. The van der Waals surface area contributed by atoms with E-state index in [1.807, 2.05) is 18.2 Å². The van der Waals surface area contributed by atoms with Gasteiger partial charge in [0.1, 0.15) is 11.9 Å². The zero-order valence-corrected chi connectivity index (χ0v) is 18.8. The van der Waals surface area contributed by atoms with E-state index in [0.29, 0.717) is 22.7 Å². The Bertz CT molecular complexity index is 1090. The zero-order chi connectivity index (χ0) is 21.6. The first-order valence-corrected chi connectivity index (χ1v) is 11.5. The van der Waals surface area contributed by atoms with E-state index >= 15 is 0 Å². The van der Waals surface area contributed by atoms with E-state index < -0.39 is 0 Å². The van der Waals surface area contributed by atoms with E-state index in [4.69, 9.17) is 26.8 Å². The third-order valence-corrected chi connectivity index (χ3v) is 7.92. The van der Waals surface area contributed by atoms with Gasteiger partial charge in [-0.25, -0.2) is 4.98 Å². The molecule has 2 aliphatic carbocycles. The van der Waals surface area contributed by atoms with Crippen molar-refractivity contribution in [2.75, 3.05) is 7.11 Å². The molecule has 0 spiro atoms. The standard InChI is InChI=1S/C26H29ClN2O2/c1-3-24(28)26(18-7-5-4-6-8-18)15-17-11-19(26)13-22(17)31-23-12-16-9-10-29-25(30-2)20(16)14-21(23)27/h4-10,12,14,17,19,22,24H,3,11,13,15,28H2,1-2H3/t17-,19?,22?,24?,26+/m0/s1. The van der Waals surface area contributed by atoms with Gasteiger partial charge in [0, 0.05) is 23.0 Å². The van der Waals surface area contributed by atoms with Crippen molar-refractivity contribution in [2.45, 2.75) is 50.2 Å². The second-order valence-corrected chi connectivity index (χ2v) is 9.44. The summed E-state index contributed by atoms with van der Waals surface area (Å²) in [5.74, 6) is 2.34. The highest BCUT2D eigenvalue weighted by Crippen LogP contribution is 2.59. The predicted octanol–water partition coefficient (Wildman–Crippen LogP) is 5.75. The van der Waals surface area contributed by atoms with Crippen molar-refractivity contribution in [3.63, 3.8) is 0 Å². The first-order valence-electron chi connectivity index (χ1n) is 11.2. The summed E-state index contributed by atoms with van der Waals surface area (Å²) in [5.41, 5.74) is 8.20. The van der Waals surface area contributed by atoms with E-state index in [1.54, 1.807) is 13.3 Å². The van der Waals surface area contributed by atoms with Gasteiger partial charge < -0.3 is 15.2 Å². The van der Waals surface area contributed by atoms with Gasteiger partial charge >= 0.3 is 0 Å². The molecule has 2 N–H and O–H groups in total. The molecule has 0 saturated heterocycles. The molecule has 2 fully saturated rings. The van der Waals surface area contributed by atoms with Crippen molar-refractivity contribution in [2.24, 2.45) is 17.6 Å².